The Morgan fingerprint density at radius 3 is 2.33 bits per heavy atom. The Kier molecular flexibility index (Phi) is 2.25. The maximum Gasteiger partial charge on any atom is 0.0289 e. The number of terminal acetylenes is 1. The van der Waals surface area contributed by atoms with Crippen molar-refractivity contribution < 1.29 is 0 Å². The predicted molar refractivity (Wildman–Crippen MR) is 53.7 cm³/mol. The third kappa shape index (κ3) is 1.66. The zero-order valence-corrected chi connectivity index (χ0v) is 8.78. The molecule has 1 aliphatic rings. The summed E-state index contributed by atoms with van der Waals surface area (Å²) in [6, 6.07) is 0. The maximum atomic E-state index is 5.55. The van der Waals surface area contributed by atoms with E-state index in [2.05, 4.69) is 33.6 Å². The van der Waals surface area contributed by atoms with Crippen LogP contribution in [0.3, 0.4) is 0 Å². The minimum absolute atomic E-state index is 0.163. The van der Waals surface area contributed by atoms with Crippen LogP contribution in [-0.4, -0.2) is 0 Å². The second-order valence-electron chi connectivity index (χ2n) is 5.31. The van der Waals surface area contributed by atoms with Gasteiger partial charge in [0.15, 0.2) is 0 Å². The lowest BCUT2D eigenvalue weighted by Gasteiger charge is -2.44. The molecule has 68 valence electrons. The zero-order chi connectivity index (χ0) is 9.41. The van der Waals surface area contributed by atoms with Gasteiger partial charge in [0.2, 0.25) is 0 Å². The molecule has 1 saturated carbocycles. The highest BCUT2D eigenvalue weighted by molar-refractivity contribution is 5.07. The first kappa shape index (κ1) is 9.65. The Morgan fingerprint density at radius 2 is 1.92 bits per heavy atom. The molecule has 0 heteroatoms. The van der Waals surface area contributed by atoms with E-state index in [1.54, 1.807) is 0 Å². The van der Waals surface area contributed by atoms with Crippen LogP contribution in [0, 0.1) is 29.1 Å². The molecule has 0 saturated heterocycles. The van der Waals surface area contributed by atoms with Crippen LogP contribution in [0.1, 0.15) is 47.0 Å². The van der Waals surface area contributed by atoms with Crippen molar-refractivity contribution in [3.8, 4) is 12.3 Å². The van der Waals surface area contributed by atoms with Crippen LogP contribution < -0.4 is 0 Å². The fourth-order valence-electron chi connectivity index (χ4n) is 2.32. The Hall–Kier alpha value is -0.440. The quantitative estimate of drug-likeness (QED) is 0.481. The fourth-order valence-corrected chi connectivity index (χ4v) is 2.32. The van der Waals surface area contributed by atoms with Gasteiger partial charge >= 0.3 is 0 Å². The van der Waals surface area contributed by atoms with E-state index in [0.29, 0.717) is 5.41 Å². The van der Waals surface area contributed by atoms with Crippen molar-refractivity contribution in [2.45, 2.75) is 47.0 Å². The summed E-state index contributed by atoms with van der Waals surface area (Å²) in [5, 5.41) is 0. The smallest absolute Gasteiger partial charge is 0.0289 e. The highest BCUT2D eigenvalue weighted by Gasteiger charge is 2.39. The summed E-state index contributed by atoms with van der Waals surface area (Å²) >= 11 is 0. The minimum atomic E-state index is 0.163. The van der Waals surface area contributed by atoms with Gasteiger partial charge in [-0.15, -0.1) is 12.3 Å². The van der Waals surface area contributed by atoms with E-state index in [1.807, 2.05) is 0 Å². The second-order valence-corrected chi connectivity index (χ2v) is 5.31. The fraction of sp³-hybridized carbons (Fsp3) is 0.833. The van der Waals surface area contributed by atoms with Crippen molar-refractivity contribution in [2.24, 2.45) is 16.7 Å². The average molecular weight is 164 g/mol. The molecule has 0 spiro atoms. The third-order valence-electron chi connectivity index (χ3n) is 3.66. The normalized spacial score (nSPS) is 40.4. The van der Waals surface area contributed by atoms with Crippen LogP contribution in [0.4, 0.5) is 0 Å². The number of hydrogen-bond acceptors (Lipinski definition) is 0. The molecular weight excluding hydrogens is 144 g/mol. The third-order valence-corrected chi connectivity index (χ3v) is 3.66. The molecular formula is C12H20. The lowest BCUT2D eigenvalue weighted by molar-refractivity contribution is 0.0818. The Labute approximate surface area is 76.7 Å². The van der Waals surface area contributed by atoms with E-state index < -0.39 is 0 Å². The molecule has 2 atom stereocenters. The molecule has 0 aliphatic heterocycles. The molecule has 0 nitrogen and oxygen atoms in total. The van der Waals surface area contributed by atoms with Crippen LogP contribution in [0.15, 0.2) is 0 Å². The molecule has 0 aromatic rings. The SMILES string of the molecule is C#CC1(C)CCC(C)C(C)(C)C1. The van der Waals surface area contributed by atoms with E-state index in [9.17, 15) is 0 Å². The second kappa shape index (κ2) is 2.80. The summed E-state index contributed by atoms with van der Waals surface area (Å²) in [7, 11) is 0. The molecule has 1 rings (SSSR count). The first-order valence-electron chi connectivity index (χ1n) is 4.87. The molecule has 0 radical (unpaired) electrons. The summed E-state index contributed by atoms with van der Waals surface area (Å²) in [4.78, 5) is 0. The Bertz CT molecular complexity index is 207. The van der Waals surface area contributed by atoms with Gasteiger partial charge in [-0.05, 0) is 37.5 Å². The zero-order valence-electron chi connectivity index (χ0n) is 8.78. The molecule has 1 fully saturated rings. The van der Waals surface area contributed by atoms with Crippen molar-refractivity contribution >= 4 is 0 Å². The van der Waals surface area contributed by atoms with E-state index in [4.69, 9.17) is 6.42 Å². The lowest BCUT2D eigenvalue weighted by Crippen LogP contribution is -2.35. The van der Waals surface area contributed by atoms with E-state index >= 15 is 0 Å². The van der Waals surface area contributed by atoms with E-state index in [1.165, 1.54) is 19.3 Å². The summed E-state index contributed by atoms with van der Waals surface area (Å²) in [5.41, 5.74) is 0.593. The van der Waals surface area contributed by atoms with Crippen molar-refractivity contribution in [3.05, 3.63) is 0 Å². The summed E-state index contributed by atoms with van der Waals surface area (Å²) in [6.45, 7) is 9.25. The first-order valence-corrected chi connectivity index (χ1v) is 4.87. The van der Waals surface area contributed by atoms with Crippen LogP contribution >= 0.6 is 0 Å². The summed E-state index contributed by atoms with van der Waals surface area (Å²) < 4.78 is 0. The standard InChI is InChI=1S/C12H20/c1-6-12(5)8-7-10(2)11(3,4)9-12/h1,10H,7-9H2,2-5H3. The summed E-state index contributed by atoms with van der Waals surface area (Å²) in [5.74, 6) is 3.77. The van der Waals surface area contributed by atoms with Gasteiger partial charge in [0.05, 0.1) is 0 Å². The monoisotopic (exact) mass is 164 g/mol. The molecule has 12 heavy (non-hydrogen) atoms. The average Bonchev–Trinajstić information content (AvgIpc) is 1.97. The van der Waals surface area contributed by atoms with Gasteiger partial charge < -0.3 is 0 Å². The van der Waals surface area contributed by atoms with Gasteiger partial charge in [-0.2, -0.15) is 0 Å². The highest BCUT2D eigenvalue weighted by Crippen LogP contribution is 2.48. The molecule has 0 aromatic heterocycles. The molecule has 0 amide bonds. The van der Waals surface area contributed by atoms with E-state index in [-0.39, 0.29) is 5.41 Å². The highest BCUT2D eigenvalue weighted by atomic mass is 14.4. The lowest BCUT2D eigenvalue weighted by atomic mass is 9.60. The molecule has 0 heterocycles. The van der Waals surface area contributed by atoms with Crippen LogP contribution in [0.25, 0.3) is 0 Å². The maximum absolute atomic E-state index is 5.55. The Morgan fingerprint density at radius 1 is 1.33 bits per heavy atom. The van der Waals surface area contributed by atoms with Gasteiger partial charge in [0.25, 0.3) is 0 Å². The molecule has 0 N–H and O–H groups in total. The van der Waals surface area contributed by atoms with Gasteiger partial charge in [0, 0.05) is 5.41 Å². The van der Waals surface area contributed by atoms with Crippen molar-refractivity contribution in [1.82, 2.24) is 0 Å². The molecule has 0 bridgehead atoms. The van der Waals surface area contributed by atoms with Gasteiger partial charge in [-0.3, -0.25) is 0 Å². The van der Waals surface area contributed by atoms with Crippen molar-refractivity contribution in [3.63, 3.8) is 0 Å². The van der Waals surface area contributed by atoms with Gasteiger partial charge in [-0.25, -0.2) is 0 Å². The minimum Gasteiger partial charge on any atom is -0.120 e. The number of hydrogen-bond donors (Lipinski definition) is 0. The Balaban J connectivity index is 2.77. The number of rotatable bonds is 0. The summed E-state index contributed by atoms with van der Waals surface area (Å²) in [6.07, 6.45) is 9.22. The largest absolute Gasteiger partial charge is 0.120 e. The molecule has 2 unspecified atom stereocenters. The van der Waals surface area contributed by atoms with Crippen LogP contribution in [0.5, 0.6) is 0 Å². The molecule has 1 aliphatic carbocycles. The molecule has 0 aromatic carbocycles. The predicted octanol–water partition coefficient (Wildman–Crippen LogP) is 3.47. The van der Waals surface area contributed by atoms with Crippen LogP contribution in [-0.2, 0) is 0 Å². The van der Waals surface area contributed by atoms with Gasteiger partial charge in [-0.1, -0.05) is 20.8 Å². The van der Waals surface area contributed by atoms with Crippen LogP contribution in [0.2, 0.25) is 0 Å². The van der Waals surface area contributed by atoms with E-state index in [0.717, 1.165) is 5.92 Å². The van der Waals surface area contributed by atoms with Crippen molar-refractivity contribution in [2.75, 3.05) is 0 Å². The topological polar surface area (TPSA) is 0 Å². The first-order chi connectivity index (χ1) is 5.40. The van der Waals surface area contributed by atoms with Crippen molar-refractivity contribution in [1.29, 1.82) is 0 Å². The van der Waals surface area contributed by atoms with Gasteiger partial charge in [0.1, 0.15) is 0 Å².